The topological polar surface area (TPSA) is 87.7 Å². The third kappa shape index (κ3) is 3.45. The molecule has 0 saturated carbocycles. The van der Waals surface area contributed by atoms with E-state index in [2.05, 4.69) is 37.3 Å². The summed E-state index contributed by atoms with van der Waals surface area (Å²) in [7, 11) is 0. The SMILES string of the molecule is O=C(c1cnc(-c2cccnc2)nc1)N1CCc2[nH]nc(-c3ccccc3)c2CC1. The Labute approximate surface area is 173 Å². The minimum absolute atomic E-state index is 0.0490. The van der Waals surface area contributed by atoms with Gasteiger partial charge in [0, 0.05) is 66.7 Å². The van der Waals surface area contributed by atoms with Gasteiger partial charge >= 0.3 is 0 Å². The van der Waals surface area contributed by atoms with Gasteiger partial charge in [0.2, 0.25) is 0 Å². The molecule has 1 amide bonds. The maximum Gasteiger partial charge on any atom is 0.257 e. The number of nitrogens with zero attached hydrogens (tertiary/aromatic N) is 5. The van der Waals surface area contributed by atoms with Gasteiger partial charge in [0.25, 0.3) is 5.91 Å². The van der Waals surface area contributed by atoms with E-state index < -0.39 is 0 Å². The van der Waals surface area contributed by atoms with Crippen molar-refractivity contribution in [2.75, 3.05) is 13.1 Å². The van der Waals surface area contributed by atoms with Crippen molar-refractivity contribution in [3.8, 4) is 22.6 Å². The summed E-state index contributed by atoms with van der Waals surface area (Å²) >= 11 is 0. The van der Waals surface area contributed by atoms with Crippen LogP contribution in [0.15, 0.2) is 67.3 Å². The first-order chi connectivity index (χ1) is 14.8. The summed E-state index contributed by atoms with van der Waals surface area (Å²) < 4.78 is 0. The van der Waals surface area contributed by atoms with E-state index in [4.69, 9.17) is 0 Å². The number of pyridine rings is 1. The number of fused-ring (bicyclic) bond motifs is 1. The van der Waals surface area contributed by atoms with Crippen LogP contribution in [0.2, 0.25) is 0 Å². The Morgan fingerprint density at radius 2 is 1.67 bits per heavy atom. The number of aromatic amines is 1. The molecule has 30 heavy (non-hydrogen) atoms. The number of carbonyl (C=O) groups excluding carboxylic acids is 1. The Morgan fingerprint density at radius 1 is 0.900 bits per heavy atom. The van der Waals surface area contributed by atoms with Crippen LogP contribution < -0.4 is 0 Å². The van der Waals surface area contributed by atoms with E-state index in [1.807, 2.05) is 35.2 Å². The fraction of sp³-hybridized carbons (Fsp3) is 0.174. The summed E-state index contributed by atoms with van der Waals surface area (Å²) in [6.07, 6.45) is 8.11. The van der Waals surface area contributed by atoms with Crippen molar-refractivity contribution in [2.24, 2.45) is 0 Å². The van der Waals surface area contributed by atoms with E-state index in [-0.39, 0.29) is 5.91 Å². The van der Waals surface area contributed by atoms with E-state index in [0.29, 0.717) is 24.5 Å². The summed E-state index contributed by atoms with van der Waals surface area (Å²) in [4.78, 5) is 27.7. The molecule has 0 atom stereocenters. The molecule has 0 spiro atoms. The molecule has 7 nitrogen and oxygen atoms in total. The number of H-pyrrole nitrogens is 1. The zero-order chi connectivity index (χ0) is 20.3. The number of amides is 1. The van der Waals surface area contributed by atoms with Crippen molar-refractivity contribution in [1.29, 1.82) is 0 Å². The van der Waals surface area contributed by atoms with E-state index >= 15 is 0 Å². The van der Waals surface area contributed by atoms with Crippen molar-refractivity contribution < 1.29 is 4.79 Å². The van der Waals surface area contributed by atoms with Crippen LogP contribution in [0.25, 0.3) is 22.6 Å². The highest BCUT2D eigenvalue weighted by Gasteiger charge is 2.24. The Bertz CT molecular complexity index is 1160. The average molecular weight is 396 g/mol. The molecule has 0 aliphatic carbocycles. The summed E-state index contributed by atoms with van der Waals surface area (Å²) in [5.41, 5.74) is 5.69. The second kappa shape index (κ2) is 7.87. The molecule has 1 aromatic carbocycles. The summed E-state index contributed by atoms with van der Waals surface area (Å²) in [6, 6.07) is 13.9. The highest BCUT2D eigenvalue weighted by atomic mass is 16.2. The molecule has 0 fully saturated rings. The number of carbonyl (C=O) groups is 1. The molecule has 1 N–H and O–H groups in total. The normalized spacial score (nSPS) is 13.5. The third-order valence-electron chi connectivity index (χ3n) is 5.37. The van der Waals surface area contributed by atoms with Gasteiger partial charge in [-0.25, -0.2) is 9.97 Å². The number of hydrogen-bond donors (Lipinski definition) is 1. The molecule has 148 valence electrons. The quantitative estimate of drug-likeness (QED) is 0.575. The number of hydrogen-bond acceptors (Lipinski definition) is 5. The minimum atomic E-state index is -0.0490. The lowest BCUT2D eigenvalue weighted by atomic mass is 10.0. The minimum Gasteiger partial charge on any atom is -0.338 e. The summed E-state index contributed by atoms with van der Waals surface area (Å²) in [5.74, 6) is 0.510. The van der Waals surface area contributed by atoms with Gasteiger partial charge < -0.3 is 4.90 Å². The van der Waals surface area contributed by atoms with Gasteiger partial charge in [0.15, 0.2) is 5.82 Å². The average Bonchev–Trinajstić information content (AvgIpc) is 3.11. The monoisotopic (exact) mass is 396 g/mol. The van der Waals surface area contributed by atoms with Crippen molar-refractivity contribution in [2.45, 2.75) is 12.8 Å². The fourth-order valence-corrected chi connectivity index (χ4v) is 3.79. The molecule has 4 aromatic rings. The Balaban J connectivity index is 1.32. The van der Waals surface area contributed by atoms with E-state index in [0.717, 1.165) is 35.4 Å². The molecular formula is C23H20N6O. The lowest BCUT2D eigenvalue weighted by molar-refractivity contribution is 0.0762. The van der Waals surface area contributed by atoms with Crippen LogP contribution in [0.5, 0.6) is 0 Å². The van der Waals surface area contributed by atoms with Gasteiger partial charge in [-0.3, -0.25) is 14.9 Å². The predicted octanol–water partition coefficient (Wildman–Crippen LogP) is 3.17. The molecule has 1 aliphatic heterocycles. The molecule has 3 aromatic heterocycles. The standard InChI is InChI=1S/C23H20N6O/c30-23(18-14-25-22(26-15-18)17-7-4-10-24-13-17)29-11-8-19-20(9-12-29)27-28-21(19)16-5-2-1-3-6-16/h1-7,10,13-15H,8-9,11-12H2,(H,27,28). The molecular weight excluding hydrogens is 376 g/mol. The molecule has 0 radical (unpaired) electrons. The van der Waals surface area contributed by atoms with Gasteiger partial charge in [-0.2, -0.15) is 5.10 Å². The fourth-order valence-electron chi connectivity index (χ4n) is 3.79. The second-order valence-corrected chi connectivity index (χ2v) is 7.22. The first-order valence-electron chi connectivity index (χ1n) is 9.93. The van der Waals surface area contributed by atoms with Crippen LogP contribution in [-0.2, 0) is 12.8 Å². The first kappa shape index (κ1) is 18.2. The second-order valence-electron chi connectivity index (χ2n) is 7.22. The van der Waals surface area contributed by atoms with Crippen LogP contribution in [0, 0.1) is 0 Å². The molecule has 0 unspecified atom stereocenters. The van der Waals surface area contributed by atoms with Gasteiger partial charge in [0.1, 0.15) is 0 Å². The molecule has 0 bridgehead atoms. The van der Waals surface area contributed by atoms with Gasteiger partial charge in [0.05, 0.1) is 11.3 Å². The van der Waals surface area contributed by atoms with Gasteiger partial charge in [-0.1, -0.05) is 30.3 Å². The van der Waals surface area contributed by atoms with Crippen molar-refractivity contribution in [3.63, 3.8) is 0 Å². The maximum absolute atomic E-state index is 13.0. The molecule has 0 saturated heterocycles. The summed E-state index contributed by atoms with van der Waals surface area (Å²) in [5, 5.41) is 7.69. The largest absolute Gasteiger partial charge is 0.338 e. The first-order valence-corrected chi connectivity index (χ1v) is 9.93. The predicted molar refractivity (Wildman–Crippen MR) is 113 cm³/mol. The molecule has 1 aliphatic rings. The third-order valence-corrected chi connectivity index (χ3v) is 5.37. The van der Waals surface area contributed by atoms with Crippen molar-refractivity contribution in [3.05, 3.63) is 84.1 Å². The summed E-state index contributed by atoms with van der Waals surface area (Å²) in [6.45, 7) is 1.27. The lowest BCUT2D eigenvalue weighted by Crippen LogP contribution is -2.33. The van der Waals surface area contributed by atoms with Gasteiger partial charge in [-0.15, -0.1) is 0 Å². The number of rotatable bonds is 3. The number of nitrogens with one attached hydrogen (secondary N) is 1. The van der Waals surface area contributed by atoms with Crippen LogP contribution in [0.1, 0.15) is 21.6 Å². The van der Waals surface area contributed by atoms with Crippen molar-refractivity contribution in [1.82, 2.24) is 30.0 Å². The highest BCUT2D eigenvalue weighted by Crippen LogP contribution is 2.27. The Morgan fingerprint density at radius 3 is 2.43 bits per heavy atom. The van der Waals surface area contributed by atoms with Gasteiger partial charge in [-0.05, 0) is 18.6 Å². The molecule has 7 heteroatoms. The maximum atomic E-state index is 13.0. The van der Waals surface area contributed by atoms with Crippen LogP contribution in [0.3, 0.4) is 0 Å². The van der Waals surface area contributed by atoms with Crippen LogP contribution in [0.4, 0.5) is 0 Å². The van der Waals surface area contributed by atoms with Crippen molar-refractivity contribution >= 4 is 5.91 Å². The molecule has 4 heterocycles. The highest BCUT2D eigenvalue weighted by molar-refractivity contribution is 5.93. The zero-order valence-electron chi connectivity index (χ0n) is 16.3. The Hall–Kier alpha value is -3.87. The Kier molecular flexibility index (Phi) is 4.77. The lowest BCUT2D eigenvalue weighted by Gasteiger charge is -2.20. The van der Waals surface area contributed by atoms with E-state index in [1.165, 1.54) is 5.56 Å². The zero-order valence-corrected chi connectivity index (χ0v) is 16.3. The van der Waals surface area contributed by atoms with Crippen LogP contribution in [-0.4, -0.2) is 49.0 Å². The van der Waals surface area contributed by atoms with Crippen LogP contribution >= 0.6 is 0 Å². The number of aromatic nitrogens is 5. The number of benzene rings is 1. The smallest absolute Gasteiger partial charge is 0.257 e. The van der Waals surface area contributed by atoms with E-state index in [1.54, 1.807) is 24.8 Å². The molecule has 5 rings (SSSR count). The van der Waals surface area contributed by atoms with E-state index in [9.17, 15) is 4.79 Å².